The number of carbonyl (C=O) groups is 1. The fraction of sp³-hybridized carbons (Fsp3) is 0.182. The molecule has 6 heteroatoms. The fourth-order valence-electron chi connectivity index (χ4n) is 1.34. The van der Waals surface area contributed by atoms with E-state index >= 15 is 0 Å². The first-order chi connectivity index (χ1) is 7.88. The quantitative estimate of drug-likeness (QED) is 0.641. The summed E-state index contributed by atoms with van der Waals surface area (Å²) >= 11 is 17.3. The molecule has 2 nitrogen and oxygen atoms in total. The normalized spacial score (nSPS) is 12.3. The Balaban J connectivity index is 3.42. The molecule has 1 aromatic rings. The average molecular weight is 298 g/mol. The minimum absolute atomic E-state index is 0.0259. The van der Waals surface area contributed by atoms with E-state index in [1.54, 1.807) is 6.92 Å². The molecule has 0 fully saturated rings. The summed E-state index contributed by atoms with van der Waals surface area (Å²) in [6, 6.07) is 2.77. The Bertz CT molecular complexity index is 474. The maximum Gasteiger partial charge on any atom is 0.365 e. The first-order valence-electron chi connectivity index (χ1n) is 4.65. The molecule has 0 saturated carbocycles. The average Bonchev–Trinajstić information content (AvgIpc) is 2.26. The molecule has 0 heterocycles. The molecular weight excluding hydrogens is 289 g/mol. The predicted octanol–water partition coefficient (Wildman–Crippen LogP) is 4.82. The zero-order chi connectivity index (χ0) is 13.2. The van der Waals surface area contributed by atoms with Crippen molar-refractivity contribution in [3.63, 3.8) is 0 Å². The van der Waals surface area contributed by atoms with E-state index in [9.17, 15) is 9.18 Å². The first kappa shape index (κ1) is 14.3. The molecule has 0 amide bonds. The van der Waals surface area contributed by atoms with Crippen molar-refractivity contribution in [1.29, 1.82) is 0 Å². The van der Waals surface area contributed by atoms with Crippen molar-refractivity contribution in [2.45, 2.75) is 13.3 Å². The summed E-state index contributed by atoms with van der Waals surface area (Å²) < 4.78 is 13.4. The van der Waals surface area contributed by atoms with Gasteiger partial charge in [0.15, 0.2) is 0 Å². The molecule has 0 saturated heterocycles. The maximum absolute atomic E-state index is 13.4. The number of carboxylic acid groups (broad SMARTS) is 1. The summed E-state index contributed by atoms with van der Waals surface area (Å²) in [6.45, 7) is 1.63. The maximum atomic E-state index is 13.4. The van der Waals surface area contributed by atoms with E-state index in [2.05, 4.69) is 0 Å². The number of rotatable bonds is 3. The summed E-state index contributed by atoms with van der Waals surface area (Å²) in [5, 5.41) is 9.07. The van der Waals surface area contributed by atoms with Crippen LogP contribution in [0.25, 0.3) is 5.57 Å². The van der Waals surface area contributed by atoms with Crippen LogP contribution in [0.3, 0.4) is 0 Å². The van der Waals surface area contributed by atoms with Crippen molar-refractivity contribution in [2.75, 3.05) is 0 Å². The van der Waals surface area contributed by atoms with Crippen LogP contribution in [0.4, 0.5) is 4.39 Å². The molecule has 92 valence electrons. The smallest absolute Gasteiger partial charge is 0.365 e. The van der Waals surface area contributed by atoms with Gasteiger partial charge in [0.05, 0.1) is 15.1 Å². The second-order valence-corrected chi connectivity index (χ2v) is 4.40. The van der Waals surface area contributed by atoms with Crippen LogP contribution in [0, 0.1) is 0 Å². The number of carboxylic acids is 1. The van der Waals surface area contributed by atoms with Crippen LogP contribution >= 0.6 is 34.8 Å². The zero-order valence-corrected chi connectivity index (χ0v) is 11.0. The predicted molar refractivity (Wildman–Crippen MR) is 67.4 cm³/mol. The molecule has 0 aliphatic heterocycles. The number of hydrogen-bond acceptors (Lipinski definition) is 1. The van der Waals surface area contributed by atoms with Gasteiger partial charge in [0.2, 0.25) is 5.83 Å². The van der Waals surface area contributed by atoms with Crippen LogP contribution < -0.4 is 0 Å². The summed E-state index contributed by atoms with van der Waals surface area (Å²) in [4.78, 5) is 10.6. The van der Waals surface area contributed by atoms with Gasteiger partial charge < -0.3 is 5.11 Å². The molecule has 0 bridgehead atoms. The highest BCUT2D eigenvalue weighted by Gasteiger charge is 2.16. The largest absolute Gasteiger partial charge is 0.476 e. The second-order valence-electron chi connectivity index (χ2n) is 3.21. The first-order valence-corrected chi connectivity index (χ1v) is 5.78. The van der Waals surface area contributed by atoms with Gasteiger partial charge in [0, 0.05) is 5.57 Å². The van der Waals surface area contributed by atoms with E-state index in [-0.39, 0.29) is 27.1 Å². The molecule has 1 aromatic carbocycles. The lowest BCUT2D eigenvalue weighted by Gasteiger charge is -2.08. The molecule has 1 rings (SSSR count). The molecule has 0 spiro atoms. The van der Waals surface area contributed by atoms with Gasteiger partial charge in [0.1, 0.15) is 0 Å². The third-order valence-corrected chi connectivity index (χ3v) is 3.34. The van der Waals surface area contributed by atoms with Gasteiger partial charge in [-0.15, -0.1) is 0 Å². The highest BCUT2D eigenvalue weighted by atomic mass is 35.5. The molecule has 1 N–H and O–H groups in total. The number of allylic oxidation sites excluding steroid dienone is 1. The van der Waals surface area contributed by atoms with Crippen molar-refractivity contribution in [3.8, 4) is 0 Å². The van der Waals surface area contributed by atoms with Crippen molar-refractivity contribution in [3.05, 3.63) is 38.6 Å². The lowest BCUT2D eigenvalue weighted by molar-refractivity contribution is -0.134. The Kier molecular flexibility index (Phi) is 4.80. The van der Waals surface area contributed by atoms with Crippen molar-refractivity contribution < 1.29 is 14.3 Å². The number of aliphatic carboxylic acids is 1. The Labute approximate surface area is 113 Å². The zero-order valence-electron chi connectivity index (χ0n) is 8.73. The molecular formula is C11H8Cl3FO2. The molecule has 0 atom stereocenters. The van der Waals surface area contributed by atoms with E-state index in [0.29, 0.717) is 5.56 Å². The van der Waals surface area contributed by atoms with Crippen LogP contribution in [0.1, 0.15) is 18.9 Å². The SMILES string of the molecule is CC/C(=C(\F)C(=O)O)c1cc(Cl)c(Cl)c(Cl)c1. The van der Waals surface area contributed by atoms with Gasteiger partial charge in [-0.2, -0.15) is 4.39 Å². The molecule has 0 radical (unpaired) electrons. The Morgan fingerprint density at radius 2 is 1.76 bits per heavy atom. The van der Waals surface area contributed by atoms with E-state index in [1.807, 2.05) is 0 Å². The van der Waals surface area contributed by atoms with Gasteiger partial charge in [0.25, 0.3) is 0 Å². The lowest BCUT2D eigenvalue weighted by Crippen LogP contribution is -1.99. The standard InChI is InChI=1S/C11H8Cl3FO2/c1-2-6(10(15)11(16)17)5-3-7(12)9(14)8(13)4-5/h3-4H,2H2,1H3,(H,16,17)/b10-6+. The minimum Gasteiger partial charge on any atom is -0.476 e. The molecule has 0 aliphatic carbocycles. The highest BCUT2D eigenvalue weighted by Crippen LogP contribution is 2.35. The van der Waals surface area contributed by atoms with Crippen molar-refractivity contribution >= 4 is 46.3 Å². The van der Waals surface area contributed by atoms with Crippen LogP contribution in [0.5, 0.6) is 0 Å². The van der Waals surface area contributed by atoms with E-state index in [0.717, 1.165) is 0 Å². The van der Waals surface area contributed by atoms with Crippen LogP contribution in [0.2, 0.25) is 15.1 Å². The molecule has 0 aromatic heterocycles. The van der Waals surface area contributed by atoms with E-state index < -0.39 is 11.8 Å². The van der Waals surface area contributed by atoms with Crippen molar-refractivity contribution in [1.82, 2.24) is 0 Å². The monoisotopic (exact) mass is 296 g/mol. The second kappa shape index (κ2) is 5.71. The lowest BCUT2D eigenvalue weighted by atomic mass is 10.0. The van der Waals surface area contributed by atoms with Gasteiger partial charge in [-0.05, 0) is 24.1 Å². The molecule has 0 unspecified atom stereocenters. The molecule has 17 heavy (non-hydrogen) atoms. The minimum atomic E-state index is -1.62. The van der Waals surface area contributed by atoms with Crippen LogP contribution in [-0.4, -0.2) is 11.1 Å². The van der Waals surface area contributed by atoms with Crippen LogP contribution in [-0.2, 0) is 4.79 Å². The van der Waals surface area contributed by atoms with Crippen molar-refractivity contribution in [2.24, 2.45) is 0 Å². The number of halogens is 4. The molecule has 0 aliphatic rings. The third kappa shape index (κ3) is 3.12. The van der Waals surface area contributed by atoms with Gasteiger partial charge >= 0.3 is 5.97 Å². The summed E-state index contributed by atoms with van der Waals surface area (Å²) in [6.07, 6.45) is 0.201. The number of hydrogen-bond donors (Lipinski definition) is 1. The van der Waals surface area contributed by atoms with E-state index in [4.69, 9.17) is 39.9 Å². The van der Waals surface area contributed by atoms with E-state index in [1.165, 1.54) is 12.1 Å². The van der Waals surface area contributed by atoms with Gasteiger partial charge in [-0.1, -0.05) is 41.7 Å². The fourth-order valence-corrected chi connectivity index (χ4v) is 1.94. The summed E-state index contributed by atoms with van der Waals surface area (Å²) in [5.41, 5.74) is 0.338. The van der Waals surface area contributed by atoms with Crippen LogP contribution in [0.15, 0.2) is 18.0 Å². The highest BCUT2D eigenvalue weighted by molar-refractivity contribution is 6.48. The Hall–Kier alpha value is -0.770. The Morgan fingerprint density at radius 3 is 2.12 bits per heavy atom. The topological polar surface area (TPSA) is 37.3 Å². The van der Waals surface area contributed by atoms with Gasteiger partial charge in [-0.3, -0.25) is 0 Å². The Morgan fingerprint density at radius 1 is 1.29 bits per heavy atom. The van der Waals surface area contributed by atoms with Gasteiger partial charge in [-0.25, -0.2) is 4.79 Å². The summed E-state index contributed by atoms with van der Waals surface area (Å²) in [7, 11) is 0. The third-order valence-electron chi connectivity index (χ3n) is 2.14. The summed E-state index contributed by atoms with van der Waals surface area (Å²) in [5.74, 6) is -2.84. The number of benzene rings is 1.